The van der Waals surface area contributed by atoms with Crippen LogP contribution in [0.5, 0.6) is 0 Å². The Morgan fingerprint density at radius 3 is 2.52 bits per heavy atom. The summed E-state index contributed by atoms with van der Waals surface area (Å²) in [5.41, 5.74) is 3.15. The van der Waals surface area contributed by atoms with Crippen LogP contribution in [0.15, 0.2) is 59.8 Å². The lowest BCUT2D eigenvalue weighted by atomic mass is 10.0. The number of aryl methyl sites for hydroxylation is 1. The molecule has 6 nitrogen and oxygen atoms in total. The zero-order valence-corrected chi connectivity index (χ0v) is 15.9. The number of halogens is 1. The van der Waals surface area contributed by atoms with Crippen LogP contribution >= 0.6 is 0 Å². The Morgan fingerprint density at radius 1 is 1.15 bits per heavy atom. The van der Waals surface area contributed by atoms with Gasteiger partial charge in [0.25, 0.3) is 0 Å². The number of rotatable bonds is 6. The van der Waals surface area contributed by atoms with Gasteiger partial charge in [0.1, 0.15) is 5.82 Å². The summed E-state index contributed by atoms with van der Waals surface area (Å²) in [4.78, 5) is 1.90. The van der Waals surface area contributed by atoms with Gasteiger partial charge in [0.05, 0.1) is 11.1 Å². The van der Waals surface area contributed by atoms with E-state index in [1.165, 1.54) is 12.1 Å². The molecule has 2 N–H and O–H groups in total. The summed E-state index contributed by atoms with van der Waals surface area (Å²) in [6.07, 6.45) is 3.80. The van der Waals surface area contributed by atoms with E-state index in [2.05, 4.69) is 10.00 Å². The highest BCUT2D eigenvalue weighted by molar-refractivity contribution is 7.89. The van der Waals surface area contributed by atoms with Gasteiger partial charge in [-0.3, -0.25) is 9.58 Å². The highest BCUT2D eigenvalue weighted by Gasteiger charge is 2.13. The molecule has 0 aliphatic carbocycles. The van der Waals surface area contributed by atoms with E-state index in [-0.39, 0.29) is 4.90 Å². The van der Waals surface area contributed by atoms with Crippen LogP contribution in [0.2, 0.25) is 0 Å². The molecule has 0 unspecified atom stereocenters. The van der Waals surface area contributed by atoms with Gasteiger partial charge >= 0.3 is 0 Å². The predicted molar refractivity (Wildman–Crippen MR) is 102 cm³/mol. The van der Waals surface area contributed by atoms with Gasteiger partial charge in [-0.05, 0) is 36.4 Å². The van der Waals surface area contributed by atoms with Crippen LogP contribution < -0.4 is 5.14 Å². The third-order valence-electron chi connectivity index (χ3n) is 4.17. The summed E-state index contributed by atoms with van der Waals surface area (Å²) in [6.45, 7) is 1.43. The molecule has 0 aliphatic heterocycles. The van der Waals surface area contributed by atoms with Gasteiger partial charge in [-0.2, -0.15) is 5.10 Å². The molecule has 2 aromatic carbocycles. The minimum Gasteiger partial charge on any atom is -0.298 e. The molecule has 0 saturated carbocycles. The van der Waals surface area contributed by atoms with E-state index in [4.69, 9.17) is 5.14 Å². The maximum Gasteiger partial charge on any atom is 0.238 e. The van der Waals surface area contributed by atoms with Crippen molar-refractivity contribution in [2.45, 2.75) is 18.0 Å². The Labute approximate surface area is 158 Å². The SMILES string of the molecule is CN(Cc1cccc(-c2ccc(S(N)(=O)=O)cc2F)c1)Cc1cnn(C)c1. The zero-order valence-electron chi connectivity index (χ0n) is 15.1. The first kappa shape index (κ1) is 19.2. The minimum absolute atomic E-state index is 0.240. The van der Waals surface area contributed by atoms with E-state index in [0.717, 1.165) is 23.7 Å². The third-order valence-corrected chi connectivity index (χ3v) is 5.08. The largest absolute Gasteiger partial charge is 0.298 e. The second kappa shape index (κ2) is 7.59. The van der Waals surface area contributed by atoms with Crippen molar-refractivity contribution in [3.63, 3.8) is 0 Å². The van der Waals surface area contributed by atoms with Gasteiger partial charge in [0, 0.05) is 37.5 Å². The fourth-order valence-electron chi connectivity index (χ4n) is 2.98. The van der Waals surface area contributed by atoms with Crippen molar-refractivity contribution in [1.82, 2.24) is 14.7 Å². The molecule has 1 aromatic heterocycles. The van der Waals surface area contributed by atoms with Crippen molar-refractivity contribution in [3.8, 4) is 11.1 Å². The molecular weight excluding hydrogens is 367 g/mol. The van der Waals surface area contributed by atoms with Gasteiger partial charge < -0.3 is 0 Å². The molecule has 1 heterocycles. The number of benzene rings is 2. The minimum atomic E-state index is -3.93. The molecule has 0 amide bonds. The molecule has 0 spiro atoms. The predicted octanol–water partition coefficient (Wildman–Crippen LogP) is 2.51. The third kappa shape index (κ3) is 4.79. The lowest BCUT2D eigenvalue weighted by Crippen LogP contribution is -2.16. The number of aromatic nitrogens is 2. The van der Waals surface area contributed by atoms with E-state index < -0.39 is 15.8 Å². The van der Waals surface area contributed by atoms with E-state index >= 15 is 0 Å². The average molecular weight is 388 g/mol. The van der Waals surface area contributed by atoms with E-state index in [9.17, 15) is 12.8 Å². The first-order chi connectivity index (χ1) is 12.7. The van der Waals surface area contributed by atoms with Gasteiger partial charge in [0.15, 0.2) is 0 Å². The lowest BCUT2D eigenvalue weighted by molar-refractivity contribution is 0.319. The molecule has 8 heteroatoms. The van der Waals surface area contributed by atoms with E-state index in [1.807, 2.05) is 44.7 Å². The van der Waals surface area contributed by atoms with Crippen LogP contribution in [0.3, 0.4) is 0 Å². The summed E-state index contributed by atoms with van der Waals surface area (Å²) in [6, 6.07) is 11.2. The topological polar surface area (TPSA) is 81.2 Å². The van der Waals surface area contributed by atoms with Crippen LogP contribution in [0.25, 0.3) is 11.1 Å². The molecule has 0 radical (unpaired) electrons. The molecule has 142 valence electrons. The van der Waals surface area contributed by atoms with Crippen molar-refractivity contribution < 1.29 is 12.8 Å². The van der Waals surface area contributed by atoms with E-state index in [0.29, 0.717) is 17.7 Å². The average Bonchev–Trinajstić information content (AvgIpc) is 2.98. The number of primary sulfonamides is 1. The quantitative estimate of drug-likeness (QED) is 0.704. The van der Waals surface area contributed by atoms with Gasteiger partial charge in [-0.25, -0.2) is 17.9 Å². The highest BCUT2D eigenvalue weighted by Crippen LogP contribution is 2.26. The normalized spacial score (nSPS) is 11.9. The fourth-order valence-corrected chi connectivity index (χ4v) is 3.50. The van der Waals surface area contributed by atoms with Gasteiger partial charge in [-0.15, -0.1) is 0 Å². The van der Waals surface area contributed by atoms with Crippen molar-refractivity contribution in [2.24, 2.45) is 12.2 Å². The van der Waals surface area contributed by atoms with Crippen molar-refractivity contribution in [2.75, 3.05) is 7.05 Å². The Kier molecular flexibility index (Phi) is 5.41. The number of hydrogen-bond acceptors (Lipinski definition) is 4. The Hall–Kier alpha value is -2.55. The number of hydrogen-bond donors (Lipinski definition) is 1. The summed E-state index contributed by atoms with van der Waals surface area (Å²) < 4.78 is 38.9. The summed E-state index contributed by atoms with van der Waals surface area (Å²) in [5, 5.41) is 9.21. The number of nitrogens with two attached hydrogens (primary N) is 1. The molecule has 0 atom stereocenters. The van der Waals surface area contributed by atoms with Crippen molar-refractivity contribution in [1.29, 1.82) is 0 Å². The van der Waals surface area contributed by atoms with Gasteiger partial charge in [-0.1, -0.05) is 24.3 Å². The van der Waals surface area contributed by atoms with Crippen LogP contribution in [0.4, 0.5) is 4.39 Å². The molecule has 0 fully saturated rings. The molecular formula is C19H21FN4O2S. The molecule has 0 aliphatic rings. The Morgan fingerprint density at radius 2 is 1.89 bits per heavy atom. The van der Waals surface area contributed by atoms with E-state index in [1.54, 1.807) is 10.7 Å². The molecule has 3 aromatic rings. The van der Waals surface area contributed by atoms with Crippen molar-refractivity contribution in [3.05, 3.63) is 71.8 Å². The van der Waals surface area contributed by atoms with Crippen LogP contribution in [-0.4, -0.2) is 30.1 Å². The van der Waals surface area contributed by atoms with Gasteiger partial charge in [0.2, 0.25) is 10.0 Å². The molecule has 0 bridgehead atoms. The number of sulfonamides is 1. The fraction of sp³-hybridized carbons (Fsp3) is 0.211. The molecule has 0 saturated heterocycles. The molecule has 3 rings (SSSR count). The zero-order chi connectivity index (χ0) is 19.6. The monoisotopic (exact) mass is 388 g/mol. The first-order valence-electron chi connectivity index (χ1n) is 8.30. The highest BCUT2D eigenvalue weighted by atomic mass is 32.2. The second-order valence-electron chi connectivity index (χ2n) is 6.58. The maximum absolute atomic E-state index is 14.4. The Bertz CT molecular complexity index is 1060. The smallest absolute Gasteiger partial charge is 0.238 e. The maximum atomic E-state index is 14.4. The standard InChI is InChI=1S/C19H21FN4O2S/c1-23(12-15-10-22-24(2)13-15)11-14-4-3-5-16(8-14)18-7-6-17(9-19(18)20)27(21,25)26/h3-10,13H,11-12H2,1-2H3,(H2,21,25,26). The van der Waals surface area contributed by atoms with Crippen LogP contribution in [0, 0.1) is 5.82 Å². The van der Waals surface area contributed by atoms with Crippen LogP contribution in [0.1, 0.15) is 11.1 Å². The summed E-state index contributed by atoms with van der Waals surface area (Å²) in [7, 11) is -0.0510. The summed E-state index contributed by atoms with van der Waals surface area (Å²) in [5.74, 6) is -0.623. The lowest BCUT2D eigenvalue weighted by Gasteiger charge is -2.16. The van der Waals surface area contributed by atoms with Crippen molar-refractivity contribution >= 4 is 10.0 Å². The van der Waals surface area contributed by atoms with Crippen LogP contribution in [-0.2, 0) is 30.2 Å². The summed E-state index contributed by atoms with van der Waals surface area (Å²) >= 11 is 0. The Balaban J connectivity index is 1.79. The number of nitrogens with zero attached hydrogens (tertiary/aromatic N) is 3. The molecule has 27 heavy (non-hydrogen) atoms. The second-order valence-corrected chi connectivity index (χ2v) is 8.14. The first-order valence-corrected chi connectivity index (χ1v) is 9.85.